The summed E-state index contributed by atoms with van der Waals surface area (Å²) in [5.41, 5.74) is 5.72. The lowest BCUT2D eigenvalue weighted by atomic mass is 9.73. The van der Waals surface area contributed by atoms with Gasteiger partial charge in [0.25, 0.3) is 0 Å². The molecule has 2 N–H and O–H groups in total. The molecule has 2 heteroatoms. The van der Waals surface area contributed by atoms with Gasteiger partial charge < -0.3 is 10.6 Å². The highest BCUT2D eigenvalue weighted by molar-refractivity contribution is 4.88. The zero-order chi connectivity index (χ0) is 8.55. The lowest BCUT2D eigenvalue weighted by Crippen LogP contribution is -2.50. The fourth-order valence-electron chi connectivity index (χ4n) is 2.83. The van der Waals surface area contributed by atoms with Crippen LogP contribution < -0.4 is 5.73 Å². The smallest absolute Gasteiger partial charge is 0.00153 e. The molecule has 3 rings (SSSR count). The van der Waals surface area contributed by atoms with Gasteiger partial charge in [0.2, 0.25) is 0 Å². The fraction of sp³-hybridized carbons (Fsp3) is 1.00. The molecule has 0 aromatic heterocycles. The van der Waals surface area contributed by atoms with Gasteiger partial charge in [-0.3, -0.25) is 0 Å². The Balaban J connectivity index is 1.99. The number of piperidine rings is 3. The molecule has 70 valence electrons. The Kier molecular flexibility index (Phi) is 2.37. The summed E-state index contributed by atoms with van der Waals surface area (Å²) >= 11 is 0. The first kappa shape index (κ1) is 8.52. The van der Waals surface area contributed by atoms with Crippen molar-refractivity contribution in [3.8, 4) is 0 Å². The van der Waals surface area contributed by atoms with Crippen molar-refractivity contribution >= 4 is 0 Å². The van der Waals surface area contributed by atoms with Crippen molar-refractivity contribution in [3.05, 3.63) is 0 Å². The molecule has 3 saturated heterocycles. The molecular formula is C10H20N2. The number of hydrogen-bond acceptors (Lipinski definition) is 2. The van der Waals surface area contributed by atoms with E-state index in [-0.39, 0.29) is 0 Å². The van der Waals surface area contributed by atoms with Crippen LogP contribution in [0.15, 0.2) is 0 Å². The third-order valence-electron chi connectivity index (χ3n) is 3.81. The van der Waals surface area contributed by atoms with Crippen molar-refractivity contribution in [1.82, 2.24) is 4.90 Å². The van der Waals surface area contributed by atoms with Crippen LogP contribution in [0, 0.1) is 17.8 Å². The van der Waals surface area contributed by atoms with E-state index in [1.807, 2.05) is 0 Å². The molecule has 0 spiro atoms. The van der Waals surface area contributed by atoms with Crippen molar-refractivity contribution in [1.29, 1.82) is 0 Å². The number of rotatable bonds is 2. The maximum Gasteiger partial charge on any atom is 0.00153 e. The zero-order valence-corrected chi connectivity index (χ0v) is 8.00. The molecule has 0 amide bonds. The van der Waals surface area contributed by atoms with Crippen molar-refractivity contribution in [2.24, 2.45) is 23.5 Å². The van der Waals surface area contributed by atoms with Gasteiger partial charge in [0.15, 0.2) is 0 Å². The van der Waals surface area contributed by atoms with Crippen LogP contribution in [0.25, 0.3) is 0 Å². The highest BCUT2D eigenvalue weighted by Crippen LogP contribution is 2.36. The molecule has 2 nitrogen and oxygen atoms in total. The second kappa shape index (κ2) is 3.35. The normalized spacial score (nSPS) is 43.0. The van der Waals surface area contributed by atoms with Gasteiger partial charge in [0, 0.05) is 6.54 Å². The van der Waals surface area contributed by atoms with Gasteiger partial charge in [-0.25, -0.2) is 0 Å². The average molecular weight is 168 g/mol. The average Bonchev–Trinajstić information content (AvgIpc) is 2.18. The minimum absolute atomic E-state index is 0.734. The summed E-state index contributed by atoms with van der Waals surface area (Å²) in [5.74, 6) is 2.63. The molecule has 2 unspecified atom stereocenters. The van der Waals surface area contributed by atoms with Crippen molar-refractivity contribution in [2.45, 2.75) is 19.8 Å². The predicted molar refractivity (Wildman–Crippen MR) is 50.9 cm³/mol. The van der Waals surface area contributed by atoms with Crippen molar-refractivity contribution < 1.29 is 0 Å². The van der Waals surface area contributed by atoms with Crippen LogP contribution in [-0.2, 0) is 0 Å². The molecular weight excluding hydrogens is 148 g/mol. The molecule has 0 saturated carbocycles. The van der Waals surface area contributed by atoms with E-state index in [4.69, 9.17) is 5.73 Å². The van der Waals surface area contributed by atoms with Gasteiger partial charge in [-0.2, -0.15) is 0 Å². The van der Waals surface area contributed by atoms with Gasteiger partial charge >= 0.3 is 0 Å². The Labute approximate surface area is 75.1 Å². The molecule has 3 heterocycles. The summed E-state index contributed by atoms with van der Waals surface area (Å²) in [5, 5.41) is 0. The zero-order valence-electron chi connectivity index (χ0n) is 8.00. The first-order chi connectivity index (χ1) is 5.81. The third kappa shape index (κ3) is 1.38. The largest absolute Gasteiger partial charge is 0.330 e. The maximum absolute atomic E-state index is 5.72. The van der Waals surface area contributed by atoms with E-state index in [1.165, 1.54) is 32.5 Å². The predicted octanol–water partition coefficient (Wildman–Crippen LogP) is 0.923. The summed E-state index contributed by atoms with van der Waals surface area (Å²) in [6, 6.07) is 0. The van der Waals surface area contributed by atoms with Gasteiger partial charge in [0.1, 0.15) is 0 Å². The fourth-order valence-corrected chi connectivity index (χ4v) is 2.83. The first-order valence-electron chi connectivity index (χ1n) is 5.23. The minimum atomic E-state index is 0.734. The van der Waals surface area contributed by atoms with E-state index >= 15 is 0 Å². The standard InChI is InChI=1S/C10H20N2/c1-8(6-11)10-7-12-4-2-9(10)3-5-12/h8-10H,2-7,11H2,1H3. The van der Waals surface area contributed by atoms with E-state index in [1.54, 1.807) is 0 Å². The van der Waals surface area contributed by atoms with E-state index in [0.29, 0.717) is 0 Å². The quantitative estimate of drug-likeness (QED) is 0.664. The minimum Gasteiger partial charge on any atom is -0.330 e. The SMILES string of the molecule is CC(CN)C1CN2CCC1CC2. The molecule has 3 aliphatic heterocycles. The molecule has 0 radical (unpaired) electrons. The Hall–Kier alpha value is -0.0800. The van der Waals surface area contributed by atoms with Gasteiger partial charge in [-0.1, -0.05) is 6.92 Å². The van der Waals surface area contributed by atoms with E-state index in [9.17, 15) is 0 Å². The topological polar surface area (TPSA) is 29.3 Å². The molecule has 0 aromatic carbocycles. The molecule has 3 fully saturated rings. The van der Waals surface area contributed by atoms with Gasteiger partial charge in [-0.15, -0.1) is 0 Å². The number of nitrogens with zero attached hydrogens (tertiary/aromatic N) is 1. The van der Waals surface area contributed by atoms with E-state index < -0.39 is 0 Å². The van der Waals surface area contributed by atoms with Crippen molar-refractivity contribution in [2.75, 3.05) is 26.2 Å². The van der Waals surface area contributed by atoms with Crippen molar-refractivity contribution in [3.63, 3.8) is 0 Å². The van der Waals surface area contributed by atoms with E-state index in [2.05, 4.69) is 11.8 Å². The Morgan fingerprint density at radius 1 is 1.42 bits per heavy atom. The summed E-state index contributed by atoms with van der Waals surface area (Å²) in [4.78, 5) is 2.61. The molecule has 12 heavy (non-hydrogen) atoms. The molecule has 0 aromatic rings. The van der Waals surface area contributed by atoms with Crippen LogP contribution in [0.1, 0.15) is 19.8 Å². The van der Waals surface area contributed by atoms with Crippen LogP contribution in [0.5, 0.6) is 0 Å². The van der Waals surface area contributed by atoms with Gasteiger partial charge in [-0.05, 0) is 50.2 Å². The lowest BCUT2D eigenvalue weighted by molar-refractivity contribution is 0.0255. The Bertz CT molecular complexity index is 150. The van der Waals surface area contributed by atoms with E-state index in [0.717, 1.165) is 24.3 Å². The highest BCUT2D eigenvalue weighted by atomic mass is 15.1. The highest BCUT2D eigenvalue weighted by Gasteiger charge is 2.36. The number of nitrogens with two attached hydrogens (primary N) is 1. The molecule has 2 atom stereocenters. The van der Waals surface area contributed by atoms with Crippen LogP contribution in [0.4, 0.5) is 0 Å². The molecule has 3 aliphatic rings. The number of hydrogen-bond donors (Lipinski definition) is 1. The summed E-state index contributed by atoms with van der Waals surface area (Å²) in [6.07, 6.45) is 2.85. The second-order valence-electron chi connectivity index (χ2n) is 4.51. The molecule has 2 bridgehead atoms. The monoisotopic (exact) mass is 168 g/mol. The van der Waals surface area contributed by atoms with Gasteiger partial charge in [0.05, 0.1) is 0 Å². The number of fused-ring (bicyclic) bond motifs is 3. The summed E-state index contributed by atoms with van der Waals surface area (Å²) < 4.78 is 0. The Morgan fingerprint density at radius 3 is 2.50 bits per heavy atom. The first-order valence-corrected chi connectivity index (χ1v) is 5.23. The summed E-state index contributed by atoms with van der Waals surface area (Å²) in [7, 11) is 0. The lowest BCUT2D eigenvalue weighted by Gasteiger charge is -2.47. The maximum atomic E-state index is 5.72. The molecule has 0 aliphatic carbocycles. The third-order valence-corrected chi connectivity index (χ3v) is 3.81. The van der Waals surface area contributed by atoms with Crippen LogP contribution >= 0.6 is 0 Å². The Morgan fingerprint density at radius 2 is 2.08 bits per heavy atom. The van der Waals surface area contributed by atoms with Crippen LogP contribution in [0.3, 0.4) is 0 Å². The second-order valence-corrected chi connectivity index (χ2v) is 4.51. The summed E-state index contributed by atoms with van der Waals surface area (Å²) in [6.45, 7) is 7.20. The van der Waals surface area contributed by atoms with Crippen LogP contribution in [0.2, 0.25) is 0 Å². The van der Waals surface area contributed by atoms with Crippen LogP contribution in [-0.4, -0.2) is 31.1 Å².